The van der Waals surface area contributed by atoms with Crippen molar-refractivity contribution in [3.8, 4) is 0 Å². The molecule has 1 fully saturated rings. The van der Waals surface area contributed by atoms with Gasteiger partial charge in [-0.1, -0.05) is 0 Å². The van der Waals surface area contributed by atoms with Crippen molar-refractivity contribution in [1.82, 2.24) is 29.6 Å². The number of alkyl halides is 3. The Balaban J connectivity index is 1.68. The Morgan fingerprint density at radius 1 is 1.34 bits per heavy atom. The van der Waals surface area contributed by atoms with Gasteiger partial charge in [0, 0.05) is 25.0 Å². The number of aliphatic hydroxyl groups is 2. The van der Waals surface area contributed by atoms with Crippen molar-refractivity contribution in [2.24, 2.45) is 0 Å². The highest BCUT2D eigenvalue weighted by Gasteiger charge is 2.36. The number of hydrogen-bond acceptors (Lipinski definition) is 6. The van der Waals surface area contributed by atoms with Crippen molar-refractivity contribution in [2.75, 3.05) is 19.7 Å². The maximum absolute atomic E-state index is 12.5. The van der Waals surface area contributed by atoms with E-state index in [-0.39, 0.29) is 31.7 Å². The maximum atomic E-state index is 12.5. The smallest absolute Gasteiger partial charge is 0.389 e. The summed E-state index contributed by atoms with van der Waals surface area (Å²) in [6, 6.07) is -0.387. The van der Waals surface area contributed by atoms with Gasteiger partial charge in [-0.3, -0.25) is 10.00 Å². The standard InChI is InChI=1S/C18H23F3N6O2/c1-10(29)17-24-14-7-22-16-13(6-23-25-16)15(14)27(17)11-5-12(9-28)26(8-11)4-2-3-18(19,20)21/h6-7,10-12,28-29H,2-5,8-9H2,1H3,(H,22,23,25)/t10?,11-,12+/m0/s1. The van der Waals surface area contributed by atoms with Crippen LogP contribution in [0, 0.1) is 0 Å². The fourth-order valence-corrected chi connectivity index (χ4v) is 4.26. The normalized spacial score (nSPS) is 22.1. The Hall–Kier alpha value is -2.24. The molecule has 0 bridgehead atoms. The number of imidazole rings is 1. The molecule has 8 nitrogen and oxygen atoms in total. The summed E-state index contributed by atoms with van der Waals surface area (Å²) < 4.78 is 39.5. The molecule has 1 unspecified atom stereocenters. The summed E-state index contributed by atoms with van der Waals surface area (Å²) in [5.41, 5.74) is 1.99. The molecule has 1 aliphatic rings. The van der Waals surface area contributed by atoms with E-state index in [2.05, 4.69) is 20.2 Å². The molecule has 0 amide bonds. The fraction of sp³-hybridized carbons (Fsp3) is 0.611. The van der Waals surface area contributed by atoms with Crippen LogP contribution in [0.25, 0.3) is 22.1 Å². The third-order valence-electron chi connectivity index (χ3n) is 5.52. The highest BCUT2D eigenvalue weighted by atomic mass is 19.4. The minimum atomic E-state index is -4.19. The Kier molecular flexibility index (Phi) is 5.21. The number of fused-ring (bicyclic) bond motifs is 3. The molecule has 1 aliphatic heterocycles. The molecule has 0 aromatic carbocycles. The average molecular weight is 412 g/mol. The molecular formula is C18H23F3N6O2. The predicted octanol–water partition coefficient (Wildman–Crippen LogP) is 2.31. The van der Waals surface area contributed by atoms with Crippen LogP contribution in [0.1, 0.15) is 44.2 Å². The van der Waals surface area contributed by atoms with E-state index in [1.165, 1.54) is 0 Å². The number of halogens is 3. The number of likely N-dealkylation sites (tertiary alicyclic amines) is 1. The predicted molar refractivity (Wildman–Crippen MR) is 99.2 cm³/mol. The zero-order valence-corrected chi connectivity index (χ0v) is 15.9. The van der Waals surface area contributed by atoms with Crippen molar-refractivity contribution < 1.29 is 23.4 Å². The van der Waals surface area contributed by atoms with Gasteiger partial charge in [-0.25, -0.2) is 9.97 Å². The number of H-pyrrole nitrogens is 1. The lowest BCUT2D eigenvalue weighted by atomic mass is 10.1. The fourth-order valence-electron chi connectivity index (χ4n) is 4.26. The second kappa shape index (κ2) is 7.54. The molecule has 4 rings (SSSR count). The van der Waals surface area contributed by atoms with E-state index in [4.69, 9.17) is 0 Å². The molecule has 4 heterocycles. The van der Waals surface area contributed by atoms with Gasteiger partial charge in [-0.15, -0.1) is 0 Å². The molecular weight excluding hydrogens is 389 g/mol. The van der Waals surface area contributed by atoms with Crippen LogP contribution < -0.4 is 0 Å². The molecule has 11 heteroatoms. The van der Waals surface area contributed by atoms with E-state index in [0.29, 0.717) is 30.0 Å². The van der Waals surface area contributed by atoms with Gasteiger partial charge in [0.25, 0.3) is 0 Å². The monoisotopic (exact) mass is 412 g/mol. The second-order valence-electron chi connectivity index (χ2n) is 7.58. The maximum Gasteiger partial charge on any atom is 0.389 e. The van der Waals surface area contributed by atoms with Gasteiger partial charge in [-0.2, -0.15) is 18.3 Å². The second-order valence-corrected chi connectivity index (χ2v) is 7.58. The number of rotatable bonds is 6. The number of aromatic amines is 1. The molecule has 158 valence electrons. The molecule has 3 N–H and O–H groups in total. The summed E-state index contributed by atoms with van der Waals surface area (Å²) in [6.07, 6.45) is -2.08. The number of pyridine rings is 1. The zero-order chi connectivity index (χ0) is 20.8. The molecule has 3 atom stereocenters. The summed E-state index contributed by atoms with van der Waals surface area (Å²) in [4.78, 5) is 10.7. The van der Waals surface area contributed by atoms with Crippen LogP contribution in [0.3, 0.4) is 0 Å². The van der Waals surface area contributed by atoms with E-state index in [9.17, 15) is 23.4 Å². The first kappa shape index (κ1) is 20.0. The molecule has 0 spiro atoms. The van der Waals surface area contributed by atoms with Crippen LogP contribution in [0.2, 0.25) is 0 Å². The third kappa shape index (κ3) is 3.81. The number of hydrogen-bond donors (Lipinski definition) is 3. The van der Waals surface area contributed by atoms with E-state index in [0.717, 1.165) is 10.9 Å². The van der Waals surface area contributed by atoms with Crippen LogP contribution in [-0.4, -0.2) is 71.8 Å². The van der Waals surface area contributed by atoms with Crippen LogP contribution in [0.5, 0.6) is 0 Å². The lowest BCUT2D eigenvalue weighted by Crippen LogP contribution is -2.33. The van der Waals surface area contributed by atoms with E-state index < -0.39 is 18.7 Å². The van der Waals surface area contributed by atoms with Gasteiger partial charge in [-0.05, 0) is 26.3 Å². The molecule has 0 radical (unpaired) electrons. The minimum Gasteiger partial charge on any atom is -0.395 e. The van der Waals surface area contributed by atoms with E-state index in [1.807, 2.05) is 9.47 Å². The average Bonchev–Trinajstić information content (AvgIpc) is 3.35. The highest BCUT2D eigenvalue weighted by molar-refractivity contribution is 6.00. The lowest BCUT2D eigenvalue weighted by molar-refractivity contribution is -0.136. The van der Waals surface area contributed by atoms with Crippen molar-refractivity contribution in [3.63, 3.8) is 0 Å². The van der Waals surface area contributed by atoms with Gasteiger partial charge in [0.05, 0.1) is 29.9 Å². The minimum absolute atomic E-state index is 0.0173. The zero-order valence-electron chi connectivity index (χ0n) is 15.9. The van der Waals surface area contributed by atoms with Gasteiger partial charge in [0.1, 0.15) is 17.4 Å². The van der Waals surface area contributed by atoms with Crippen LogP contribution in [0.15, 0.2) is 12.4 Å². The Morgan fingerprint density at radius 3 is 2.83 bits per heavy atom. The number of aromatic nitrogens is 5. The van der Waals surface area contributed by atoms with E-state index >= 15 is 0 Å². The van der Waals surface area contributed by atoms with Gasteiger partial charge < -0.3 is 14.8 Å². The van der Waals surface area contributed by atoms with Crippen LogP contribution in [-0.2, 0) is 0 Å². The van der Waals surface area contributed by atoms with Crippen molar-refractivity contribution in [3.05, 3.63) is 18.2 Å². The van der Waals surface area contributed by atoms with Crippen LogP contribution in [0.4, 0.5) is 13.2 Å². The Morgan fingerprint density at radius 2 is 2.14 bits per heavy atom. The summed E-state index contributed by atoms with van der Waals surface area (Å²) in [5, 5.41) is 27.7. The third-order valence-corrected chi connectivity index (χ3v) is 5.52. The summed E-state index contributed by atoms with van der Waals surface area (Å²) in [5.74, 6) is 0.467. The molecule has 29 heavy (non-hydrogen) atoms. The first-order valence-corrected chi connectivity index (χ1v) is 9.58. The first-order valence-electron chi connectivity index (χ1n) is 9.58. The van der Waals surface area contributed by atoms with Crippen molar-refractivity contribution in [2.45, 2.75) is 50.6 Å². The quantitative estimate of drug-likeness (QED) is 0.574. The molecule has 3 aromatic heterocycles. The Bertz CT molecular complexity index is 999. The summed E-state index contributed by atoms with van der Waals surface area (Å²) in [6.45, 7) is 2.20. The topological polar surface area (TPSA) is 103 Å². The Labute approximate surface area is 164 Å². The summed E-state index contributed by atoms with van der Waals surface area (Å²) in [7, 11) is 0. The SMILES string of the molecule is CC(O)c1nc2cnc3[nH]ncc3c2n1[C@H]1C[C@H](CO)N(CCCC(F)(F)F)C1. The number of nitrogens with one attached hydrogen (secondary N) is 1. The molecule has 0 aliphatic carbocycles. The largest absolute Gasteiger partial charge is 0.395 e. The van der Waals surface area contributed by atoms with E-state index in [1.54, 1.807) is 19.3 Å². The van der Waals surface area contributed by atoms with Crippen molar-refractivity contribution >= 4 is 22.1 Å². The molecule has 1 saturated heterocycles. The lowest BCUT2D eigenvalue weighted by Gasteiger charge is -2.22. The number of aliphatic hydroxyl groups excluding tert-OH is 2. The van der Waals surface area contributed by atoms with Gasteiger partial charge >= 0.3 is 6.18 Å². The van der Waals surface area contributed by atoms with Crippen LogP contribution >= 0.6 is 0 Å². The van der Waals surface area contributed by atoms with Gasteiger partial charge in [0.15, 0.2) is 5.65 Å². The first-order chi connectivity index (χ1) is 13.8. The van der Waals surface area contributed by atoms with Gasteiger partial charge in [0.2, 0.25) is 0 Å². The summed E-state index contributed by atoms with van der Waals surface area (Å²) >= 11 is 0. The number of nitrogens with zero attached hydrogens (tertiary/aromatic N) is 5. The van der Waals surface area contributed by atoms with Crippen molar-refractivity contribution in [1.29, 1.82) is 0 Å². The molecule has 0 saturated carbocycles. The molecule has 3 aromatic rings. The highest BCUT2D eigenvalue weighted by Crippen LogP contribution is 2.36.